The van der Waals surface area contributed by atoms with Crippen LogP contribution in [-0.2, 0) is 4.52 Å². The predicted octanol–water partition coefficient (Wildman–Crippen LogP) is 7.46. The molecule has 1 aliphatic heterocycles. The molecule has 1 rings (SSSR count). The zero-order valence-electron chi connectivity index (χ0n) is 7.40. The molecule has 15 heavy (non-hydrogen) atoms. The molecule has 0 N–H and O–H groups in total. The van der Waals surface area contributed by atoms with Crippen molar-refractivity contribution >= 4 is 74.8 Å². The lowest BCUT2D eigenvalue weighted by Crippen LogP contribution is -1.85. The topological polar surface area (TPSA) is 46.3 Å². The first-order valence-corrected chi connectivity index (χ1v) is 13.2. The second-order valence-electron chi connectivity index (χ2n) is 2.49. The van der Waals surface area contributed by atoms with E-state index in [1.54, 1.807) is 0 Å². The first-order valence-electron chi connectivity index (χ1n) is 3.72. The minimum absolute atomic E-state index is 0.395. The van der Waals surface area contributed by atoms with E-state index in [0.717, 1.165) is 6.42 Å². The van der Waals surface area contributed by atoms with Crippen LogP contribution in [0.4, 0.5) is 0 Å². The summed E-state index contributed by atoms with van der Waals surface area (Å²) in [5.74, 6) is -5.88. The fourth-order valence-electron chi connectivity index (χ4n) is 0.708. The molecule has 0 spiro atoms. The van der Waals surface area contributed by atoms with Gasteiger partial charge in [-0.2, -0.15) is 13.5 Å². The standard InChI is InChI=1S/C3H7Cl5N3OP3/c1-2-3-12-15(8)10-13(4,5)9-14(6,7)11-15/h2-3H2,1H3. The third-order valence-electron chi connectivity index (χ3n) is 1.11. The number of halogens is 5. The highest BCUT2D eigenvalue weighted by molar-refractivity contribution is 8.22. The fraction of sp³-hybridized carbons (Fsp3) is 1.00. The van der Waals surface area contributed by atoms with Crippen molar-refractivity contribution in [2.75, 3.05) is 6.61 Å². The maximum Gasteiger partial charge on any atom is 0.299 e. The summed E-state index contributed by atoms with van der Waals surface area (Å²) in [4.78, 5) is 0. The van der Waals surface area contributed by atoms with Crippen LogP contribution < -0.4 is 0 Å². The number of nitrogens with zero attached hydrogens (tertiary/aromatic N) is 3. The predicted molar refractivity (Wildman–Crippen MR) is 73.6 cm³/mol. The van der Waals surface area contributed by atoms with E-state index in [4.69, 9.17) is 60.7 Å². The van der Waals surface area contributed by atoms with E-state index in [1.807, 2.05) is 6.92 Å². The molecule has 0 aliphatic carbocycles. The molecule has 0 fully saturated rings. The van der Waals surface area contributed by atoms with Crippen molar-refractivity contribution in [2.24, 2.45) is 13.5 Å². The molecular weight excluding hydrogens is 364 g/mol. The van der Waals surface area contributed by atoms with Gasteiger partial charge in [-0.05, 0) is 62.6 Å². The summed E-state index contributed by atoms with van der Waals surface area (Å²) in [6.45, 7) is -0.607. The maximum atomic E-state index is 6.04. The van der Waals surface area contributed by atoms with Crippen LogP contribution in [0.25, 0.3) is 0 Å². The molecule has 0 aromatic carbocycles. The molecule has 0 radical (unpaired) electrons. The number of rotatable bonds is 3. The molecule has 1 aliphatic rings. The van der Waals surface area contributed by atoms with E-state index < -0.39 is 18.6 Å². The Kier molecular flexibility index (Phi) is 5.45. The van der Waals surface area contributed by atoms with Crippen LogP contribution in [0.1, 0.15) is 13.3 Å². The van der Waals surface area contributed by atoms with Gasteiger partial charge in [0.25, 0.3) is 18.6 Å². The maximum absolute atomic E-state index is 6.04. The van der Waals surface area contributed by atoms with Crippen LogP contribution in [0.3, 0.4) is 0 Å². The smallest absolute Gasteiger partial charge is 0.299 e. The van der Waals surface area contributed by atoms with Gasteiger partial charge in [0, 0.05) is 0 Å². The average molecular weight is 371 g/mol. The summed E-state index contributed by atoms with van der Waals surface area (Å²) >= 11 is 29.3. The normalized spacial score (nSPS) is 32.4. The van der Waals surface area contributed by atoms with Gasteiger partial charge >= 0.3 is 0 Å². The molecule has 0 saturated carbocycles. The van der Waals surface area contributed by atoms with Gasteiger partial charge in [0.05, 0.1) is 6.61 Å². The van der Waals surface area contributed by atoms with Gasteiger partial charge in [0.15, 0.2) is 0 Å². The van der Waals surface area contributed by atoms with Crippen LogP contribution in [0.5, 0.6) is 0 Å². The Labute approximate surface area is 112 Å². The van der Waals surface area contributed by atoms with Gasteiger partial charge in [0.2, 0.25) is 0 Å². The summed E-state index contributed by atoms with van der Waals surface area (Å²) in [5.41, 5.74) is 0. The van der Waals surface area contributed by atoms with Gasteiger partial charge in [0.1, 0.15) is 0 Å². The first kappa shape index (κ1) is 15.2. The Bertz CT molecular complexity index is 401. The van der Waals surface area contributed by atoms with Crippen molar-refractivity contribution in [3.05, 3.63) is 0 Å². The third kappa shape index (κ3) is 5.08. The van der Waals surface area contributed by atoms with Crippen molar-refractivity contribution in [1.29, 1.82) is 0 Å². The Hall–Kier alpha value is 2.10. The van der Waals surface area contributed by atoms with E-state index in [9.17, 15) is 0 Å². The zero-order chi connectivity index (χ0) is 11.7. The van der Waals surface area contributed by atoms with Crippen LogP contribution in [0, 0.1) is 0 Å². The summed E-state index contributed by atoms with van der Waals surface area (Å²) < 4.78 is 16.9. The molecule has 1 atom stereocenters. The largest absolute Gasteiger partial charge is 0.316 e. The molecule has 1 unspecified atom stereocenters. The quantitative estimate of drug-likeness (QED) is 0.475. The van der Waals surface area contributed by atoms with E-state index in [-0.39, 0.29) is 0 Å². The summed E-state index contributed by atoms with van der Waals surface area (Å²) in [7, 11) is 0. The molecule has 90 valence electrons. The van der Waals surface area contributed by atoms with Gasteiger partial charge in [-0.1, -0.05) is 6.92 Å². The van der Waals surface area contributed by atoms with Crippen LogP contribution in [0.15, 0.2) is 13.5 Å². The van der Waals surface area contributed by atoms with Crippen molar-refractivity contribution < 1.29 is 4.52 Å². The lowest BCUT2D eigenvalue weighted by molar-refractivity contribution is 0.354. The molecule has 12 heteroatoms. The highest BCUT2D eigenvalue weighted by Crippen LogP contribution is 2.86. The molecule has 0 aromatic rings. The highest BCUT2D eigenvalue weighted by Gasteiger charge is 2.32. The highest BCUT2D eigenvalue weighted by atomic mass is 35.9. The van der Waals surface area contributed by atoms with Gasteiger partial charge in [-0.3, -0.25) is 0 Å². The minimum atomic E-state index is -2.94. The Morgan fingerprint density at radius 3 is 1.93 bits per heavy atom. The Morgan fingerprint density at radius 2 is 1.47 bits per heavy atom. The molecule has 1 heterocycles. The molecular formula is C3H7Cl5N3OP3. The molecule has 0 aromatic heterocycles. The van der Waals surface area contributed by atoms with Gasteiger partial charge in [-0.25, -0.2) is 0 Å². The SMILES string of the molecule is CCCOP1(Cl)=NP(Cl)(Cl)=NP(Cl)(Cl)=N1. The molecule has 0 amide bonds. The van der Waals surface area contributed by atoms with Crippen LogP contribution >= 0.6 is 74.8 Å². The summed E-state index contributed by atoms with van der Waals surface area (Å²) in [6, 6.07) is 0. The second-order valence-corrected chi connectivity index (χ2v) is 15.7. The van der Waals surface area contributed by atoms with Crippen molar-refractivity contribution in [3.63, 3.8) is 0 Å². The average Bonchev–Trinajstić information content (AvgIpc) is 1.93. The number of hydrogen-bond acceptors (Lipinski definition) is 4. The van der Waals surface area contributed by atoms with E-state index >= 15 is 0 Å². The van der Waals surface area contributed by atoms with Crippen LogP contribution in [-0.4, -0.2) is 6.61 Å². The van der Waals surface area contributed by atoms with E-state index in [1.165, 1.54) is 0 Å². The van der Waals surface area contributed by atoms with E-state index in [2.05, 4.69) is 13.5 Å². The second kappa shape index (κ2) is 5.39. The fourth-order valence-corrected chi connectivity index (χ4v) is 17.4. The summed E-state index contributed by atoms with van der Waals surface area (Å²) in [6.07, 6.45) is 0.767. The zero-order valence-corrected chi connectivity index (χ0v) is 13.9. The minimum Gasteiger partial charge on any atom is -0.316 e. The molecule has 4 nitrogen and oxygen atoms in total. The molecule has 0 bridgehead atoms. The van der Waals surface area contributed by atoms with Crippen molar-refractivity contribution in [1.82, 2.24) is 0 Å². The Balaban J connectivity index is 3.18. The monoisotopic (exact) mass is 369 g/mol. The third-order valence-corrected chi connectivity index (χ3v) is 13.2. The summed E-state index contributed by atoms with van der Waals surface area (Å²) in [5, 5.41) is 0. The van der Waals surface area contributed by atoms with Crippen molar-refractivity contribution in [3.8, 4) is 0 Å². The van der Waals surface area contributed by atoms with Gasteiger partial charge in [-0.15, -0.1) is 0 Å². The lowest BCUT2D eigenvalue weighted by atomic mass is 10.5. The van der Waals surface area contributed by atoms with E-state index in [0.29, 0.717) is 6.61 Å². The first-order chi connectivity index (χ1) is 6.68. The molecule has 0 saturated heterocycles. The van der Waals surface area contributed by atoms with Gasteiger partial charge < -0.3 is 4.52 Å². The lowest BCUT2D eigenvalue weighted by Gasteiger charge is -2.20. The van der Waals surface area contributed by atoms with Crippen molar-refractivity contribution in [2.45, 2.75) is 13.3 Å². The van der Waals surface area contributed by atoms with Crippen LogP contribution in [0.2, 0.25) is 0 Å². The number of hydrogen-bond donors (Lipinski definition) is 0. The Morgan fingerprint density at radius 1 is 0.933 bits per heavy atom.